The fourth-order valence-electron chi connectivity index (χ4n) is 4.03. The number of rotatable bonds is 6. The Labute approximate surface area is 207 Å². The van der Waals surface area contributed by atoms with Crippen LogP contribution in [0, 0.1) is 17.1 Å². The molecule has 3 heterocycles. The van der Waals surface area contributed by atoms with E-state index in [1.165, 1.54) is 31.5 Å². The summed E-state index contributed by atoms with van der Waals surface area (Å²) in [5.41, 5.74) is 3.69. The predicted molar refractivity (Wildman–Crippen MR) is 133 cm³/mol. The Morgan fingerprint density at radius 3 is 2.78 bits per heavy atom. The number of methoxy groups -OCH3 is 1. The monoisotopic (exact) mass is 480 g/mol. The van der Waals surface area contributed by atoms with Crippen molar-refractivity contribution in [3.63, 3.8) is 0 Å². The standard InChI is InChI=1S/C27H21FN6O2/c1-36-24-5-2-4-20(28)25(24)26-31-11-9-22(32-26)27(35)33-21-7-6-17(14-23(21)34-12-3-13-34)19-16-30-10-8-18(19)15-29/h2,4-11,14,16H,3,12-13H2,1H3,(H,33,35). The van der Waals surface area contributed by atoms with E-state index in [9.17, 15) is 14.4 Å². The van der Waals surface area contributed by atoms with Gasteiger partial charge in [-0.1, -0.05) is 12.1 Å². The van der Waals surface area contributed by atoms with Crippen molar-refractivity contribution in [1.29, 1.82) is 5.26 Å². The number of halogens is 1. The molecule has 9 heteroatoms. The van der Waals surface area contributed by atoms with Gasteiger partial charge in [-0.05, 0) is 48.4 Å². The molecule has 4 aromatic rings. The van der Waals surface area contributed by atoms with Crippen LogP contribution in [-0.2, 0) is 0 Å². The van der Waals surface area contributed by atoms with Crippen LogP contribution in [-0.4, -0.2) is 41.1 Å². The Hall–Kier alpha value is -4.84. The number of nitrogens with one attached hydrogen (secondary N) is 1. The fourth-order valence-corrected chi connectivity index (χ4v) is 4.03. The molecule has 1 saturated heterocycles. The zero-order valence-corrected chi connectivity index (χ0v) is 19.4. The normalized spacial score (nSPS) is 12.4. The van der Waals surface area contributed by atoms with E-state index in [-0.39, 0.29) is 22.8 Å². The number of hydrogen-bond acceptors (Lipinski definition) is 7. The second-order valence-electron chi connectivity index (χ2n) is 8.14. The third-order valence-corrected chi connectivity index (χ3v) is 6.00. The van der Waals surface area contributed by atoms with Gasteiger partial charge < -0.3 is 15.0 Å². The molecule has 1 aliphatic heterocycles. The van der Waals surface area contributed by atoms with Gasteiger partial charge in [-0.3, -0.25) is 9.78 Å². The van der Waals surface area contributed by atoms with Gasteiger partial charge in [-0.15, -0.1) is 0 Å². The van der Waals surface area contributed by atoms with Gasteiger partial charge in [0, 0.05) is 37.2 Å². The lowest BCUT2D eigenvalue weighted by Gasteiger charge is -2.35. The number of anilines is 2. The summed E-state index contributed by atoms with van der Waals surface area (Å²) in [6.07, 6.45) is 5.70. The van der Waals surface area contributed by atoms with E-state index in [1.54, 1.807) is 30.6 Å². The third-order valence-electron chi connectivity index (χ3n) is 6.00. The second-order valence-corrected chi connectivity index (χ2v) is 8.14. The fraction of sp³-hybridized carbons (Fsp3) is 0.148. The maximum Gasteiger partial charge on any atom is 0.274 e. The number of amides is 1. The van der Waals surface area contributed by atoms with Crippen LogP contribution in [0.2, 0.25) is 0 Å². The van der Waals surface area contributed by atoms with E-state index in [4.69, 9.17) is 4.74 Å². The SMILES string of the molecule is COc1cccc(F)c1-c1nccc(C(=O)Nc2ccc(-c3cnccc3C#N)cc2N2CCC2)n1. The summed E-state index contributed by atoms with van der Waals surface area (Å²) in [7, 11) is 1.43. The van der Waals surface area contributed by atoms with E-state index in [0.717, 1.165) is 36.3 Å². The van der Waals surface area contributed by atoms with Crippen LogP contribution in [0.1, 0.15) is 22.5 Å². The lowest BCUT2D eigenvalue weighted by atomic mass is 10.0. The van der Waals surface area contributed by atoms with Crippen LogP contribution in [0.4, 0.5) is 15.8 Å². The average molecular weight is 481 g/mol. The molecule has 1 amide bonds. The molecule has 0 bridgehead atoms. The van der Waals surface area contributed by atoms with Crippen molar-refractivity contribution in [2.75, 3.05) is 30.4 Å². The van der Waals surface area contributed by atoms with Crippen molar-refractivity contribution in [1.82, 2.24) is 15.0 Å². The Kier molecular flexibility index (Phi) is 6.24. The van der Waals surface area contributed by atoms with Gasteiger partial charge in [0.25, 0.3) is 5.91 Å². The number of pyridine rings is 1. The molecule has 36 heavy (non-hydrogen) atoms. The van der Waals surface area contributed by atoms with E-state index in [1.807, 2.05) is 12.1 Å². The van der Waals surface area contributed by atoms with Crippen molar-refractivity contribution < 1.29 is 13.9 Å². The van der Waals surface area contributed by atoms with Gasteiger partial charge in [0.05, 0.1) is 35.7 Å². The molecule has 0 saturated carbocycles. The zero-order chi connectivity index (χ0) is 25.1. The molecule has 1 N–H and O–H groups in total. The molecule has 0 spiro atoms. The predicted octanol–water partition coefficient (Wildman–Crippen LogP) is 4.69. The van der Waals surface area contributed by atoms with Gasteiger partial charge in [-0.25, -0.2) is 14.4 Å². The van der Waals surface area contributed by atoms with Crippen LogP contribution < -0.4 is 15.0 Å². The van der Waals surface area contributed by atoms with Crippen molar-refractivity contribution in [3.05, 3.63) is 84.2 Å². The molecule has 1 aliphatic rings. The molecule has 2 aromatic heterocycles. The number of carbonyl (C=O) groups is 1. The number of benzene rings is 2. The highest BCUT2D eigenvalue weighted by Gasteiger charge is 2.22. The minimum atomic E-state index is -0.547. The van der Waals surface area contributed by atoms with Crippen molar-refractivity contribution >= 4 is 17.3 Å². The van der Waals surface area contributed by atoms with E-state index < -0.39 is 11.7 Å². The lowest BCUT2D eigenvalue weighted by Crippen LogP contribution is -2.37. The summed E-state index contributed by atoms with van der Waals surface area (Å²) in [4.78, 5) is 27.9. The van der Waals surface area contributed by atoms with Crippen LogP contribution in [0.5, 0.6) is 5.75 Å². The van der Waals surface area contributed by atoms with Crippen molar-refractivity contribution in [3.8, 4) is 34.3 Å². The minimum absolute atomic E-state index is 0.0523. The third kappa shape index (κ3) is 4.32. The number of hydrogen-bond donors (Lipinski definition) is 1. The molecule has 1 fully saturated rings. The van der Waals surface area contributed by atoms with E-state index in [2.05, 4.69) is 31.2 Å². The topological polar surface area (TPSA) is 104 Å². The summed E-state index contributed by atoms with van der Waals surface area (Å²) in [6.45, 7) is 1.71. The minimum Gasteiger partial charge on any atom is -0.496 e. The highest BCUT2D eigenvalue weighted by atomic mass is 19.1. The van der Waals surface area contributed by atoms with Crippen LogP contribution >= 0.6 is 0 Å². The summed E-state index contributed by atoms with van der Waals surface area (Å²) in [5.74, 6) is -0.677. The molecular formula is C27H21FN6O2. The maximum atomic E-state index is 14.5. The molecule has 5 rings (SSSR count). The van der Waals surface area contributed by atoms with Crippen molar-refractivity contribution in [2.24, 2.45) is 0 Å². The number of carbonyl (C=O) groups excluding carboxylic acids is 1. The average Bonchev–Trinajstić information content (AvgIpc) is 2.88. The quantitative estimate of drug-likeness (QED) is 0.427. The Morgan fingerprint density at radius 1 is 1.17 bits per heavy atom. The smallest absolute Gasteiger partial charge is 0.274 e. The molecule has 8 nitrogen and oxygen atoms in total. The number of aromatic nitrogens is 3. The summed E-state index contributed by atoms with van der Waals surface area (Å²) >= 11 is 0. The molecule has 0 unspecified atom stereocenters. The molecule has 178 valence electrons. The molecule has 0 radical (unpaired) electrons. The lowest BCUT2D eigenvalue weighted by molar-refractivity contribution is 0.102. The Morgan fingerprint density at radius 2 is 2.03 bits per heavy atom. The molecule has 0 aliphatic carbocycles. The van der Waals surface area contributed by atoms with E-state index in [0.29, 0.717) is 11.3 Å². The van der Waals surface area contributed by atoms with E-state index >= 15 is 0 Å². The first-order chi connectivity index (χ1) is 17.6. The number of nitriles is 1. The Bertz CT molecular complexity index is 1500. The maximum absolute atomic E-state index is 14.5. The van der Waals surface area contributed by atoms with Crippen LogP contribution in [0.3, 0.4) is 0 Å². The van der Waals surface area contributed by atoms with Crippen LogP contribution in [0.15, 0.2) is 67.1 Å². The first-order valence-corrected chi connectivity index (χ1v) is 11.3. The van der Waals surface area contributed by atoms with Gasteiger partial charge in [0.2, 0.25) is 0 Å². The first-order valence-electron chi connectivity index (χ1n) is 11.3. The van der Waals surface area contributed by atoms with Crippen LogP contribution in [0.25, 0.3) is 22.5 Å². The van der Waals surface area contributed by atoms with Gasteiger partial charge in [0.15, 0.2) is 5.82 Å². The van der Waals surface area contributed by atoms with Crippen molar-refractivity contribution in [2.45, 2.75) is 6.42 Å². The summed E-state index contributed by atoms with van der Waals surface area (Å²) in [6, 6.07) is 15.3. The molecule has 2 aromatic carbocycles. The second kappa shape index (κ2) is 9.80. The van der Waals surface area contributed by atoms with Gasteiger partial charge in [-0.2, -0.15) is 5.26 Å². The molecule has 0 atom stereocenters. The largest absolute Gasteiger partial charge is 0.496 e. The van der Waals surface area contributed by atoms with Gasteiger partial charge in [0.1, 0.15) is 17.3 Å². The summed E-state index contributed by atoms with van der Waals surface area (Å²) in [5, 5.41) is 12.4. The first kappa shape index (κ1) is 22.9. The van der Waals surface area contributed by atoms with Gasteiger partial charge >= 0.3 is 0 Å². The number of ether oxygens (including phenoxy) is 1. The highest BCUT2D eigenvalue weighted by molar-refractivity contribution is 6.05. The Balaban J connectivity index is 1.48. The number of nitrogens with zero attached hydrogens (tertiary/aromatic N) is 5. The highest BCUT2D eigenvalue weighted by Crippen LogP contribution is 2.35. The molecular weight excluding hydrogens is 459 g/mol. The zero-order valence-electron chi connectivity index (χ0n) is 19.4. The summed E-state index contributed by atoms with van der Waals surface area (Å²) < 4.78 is 19.8.